The van der Waals surface area contributed by atoms with Crippen LogP contribution in [0.25, 0.3) is 0 Å². The van der Waals surface area contributed by atoms with E-state index < -0.39 is 0 Å². The van der Waals surface area contributed by atoms with E-state index in [2.05, 4.69) is 41.0 Å². The van der Waals surface area contributed by atoms with E-state index in [9.17, 15) is 4.79 Å². The highest BCUT2D eigenvalue weighted by Gasteiger charge is 2.56. The predicted molar refractivity (Wildman–Crippen MR) is 116 cm³/mol. The van der Waals surface area contributed by atoms with Gasteiger partial charge in [-0.15, -0.1) is 0 Å². The third kappa shape index (κ3) is 3.83. The van der Waals surface area contributed by atoms with Crippen LogP contribution in [-0.2, 0) is 11.2 Å². The summed E-state index contributed by atoms with van der Waals surface area (Å²) in [6.07, 6.45) is 2.19. The van der Waals surface area contributed by atoms with Crippen LogP contribution in [0.3, 0.4) is 0 Å². The lowest BCUT2D eigenvalue weighted by Crippen LogP contribution is -2.40. The quantitative estimate of drug-likeness (QED) is 0.679. The Kier molecular flexibility index (Phi) is 4.91. The summed E-state index contributed by atoms with van der Waals surface area (Å²) in [5.74, 6) is 0.391. The molecule has 3 nitrogen and oxygen atoms in total. The van der Waals surface area contributed by atoms with Gasteiger partial charge in [-0.05, 0) is 35.4 Å². The van der Waals surface area contributed by atoms with E-state index in [-0.39, 0.29) is 17.9 Å². The molecule has 0 aromatic heterocycles. The molecule has 29 heavy (non-hydrogen) atoms. The highest BCUT2D eigenvalue weighted by molar-refractivity contribution is 5.87. The van der Waals surface area contributed by atoms with Crippen molar-refractivity contribution in [2.24, 2.45) is 5.92 Å². The first-order valence-corrected chi connectivity index (χ1v) is 10.5. The molecule has 0 spiro atoms. The van der Waals surface area contributed by atoms with E-state index in [4.69, 9.17) is 0 Å². The largest absolute Gasteiger partial charge is 0.351 e. The molecule has 3 heteroatoms. The molecule has 2 fully saturated rings. The van der Waals surface area contributed by atoms with Crippen molar-refractivity contribution in [1.82, 2.24) is 10.6 Å². The number of fused-ring (bicyclic) bond motifs is 1. The first-order valence-electron chi connectivity index (χ1n) is 10.5. The summed E-state index contributed by atoms with van der Waals surface area (Å²) >= 11 is 0. The molecule has 1 aliphatic heterocycles. The lowest BCUT2D eigenvalue weighted by Gasteiger charge is -2.20. The van der Waals surface area contributed by atoms with Gasteiger partial charge in [0.1, 0.15) is 0 Å². The summed E-state index contributed by atoms with van der Waals surface area (Å²) in [5.41, 5.74) is 3.45. The molecule has 2 aliphatic rings. The van der Waals surface area contributed by atoms with Crippen molar-refractivity contribution >= 4 is 5.91 Å². The molecule has 1 aliphatic carbocycles. The fraction of sp³-hybridized carbons (Fsp3) is 0.269. The summed E-state index contributed by atoms with van der Waals surface area (Å²) in [6, 6.07) is 32.0. The van der Waals surface area contributed by atoms with Gasteiger partial charge in [0.15, 0.2) is 0 Å². The van der Waals surface area contributed by atoms with Crippen molar-refractivity contribution in [2.75, 3.05) is 0 Å². The Labute approximate surface area is 172 Å². The Morgan fingerprint density at radius 3 is 1.93 bits per heavy atom. The van der Waals surface area contributed by atoms with Gasteiger partial charge >= 0.3 is 0 Å². The van der Waals surface area contributed by atoms with Gasteiger partial charge in [-0.2, -0.15) is 0 Å². The number of carbonyl (C=O) groups excluding carboxylic acids is 1. The van der Waals surface area contributed by atoms with Crippen LogP contribution >= 0.6 is 0 Å². The van der Waals surface area contributed by atoms with Crippen LogP contribution in [-0.4, -0.2) is 24.0 Å². The molecule has 2 N–H and O–H groups in total. The van der Waals surface area contributed by atoms with Crippen LogP contribution in [0, 0.1) is 5.92 Å². The first kappa shape index (κ1) is 18.1. The average molecular weight is 383 g/mol. The highest BCUT2D eigenvalue weighted by Crippen LogP contribution is 2.42. The van der Waals surface area contributed by atoms with Crippen LogP contribution < -0.4 is 10.6 Å². The maximum absolute atomic E-state index is 13.3. The SMILES string of the molecule is O=C(NC1C2CC(Cc3ccccc3)NC21)C(c1ccccc1)c1ccccc1. The molecular weight excluding hydrogens is 356 g/mol. The monoisotopic (exact) mass is 382 g/mol. The number of hydrogen-bond donors (Lipinski definition) is 2. The summed E-state index contributed by atoms with van der Waals surface area (Å²) in [5, 5.41) is 7.07. The van der Waals surface area contributed by atoms with Crippen LogP contribution in [0.4, 0.5) is 0 Å². The Balaban J connectivity index is 1.24. The lowest BCUT2D eigenvalue weighted by molar-refractivity contribution is -0.122. The number of benzene rings is 3. The van der Waals surface area contributed by atoms with Crippen molar-refractivity contribution in [3.63, 3.8) is 0 Å². The minimum atomic E-state index is -0.265. The Hall–Kier alpha value is -2.91. The van der Waals surface area contributed by atoms with Gasteiger partial charge in [0, 0.05) is 18.1 Å². The van der Waals surface area contributed by atoms with Gasteiger partial charge in [0.05, 0.1) is 5.92 Å². The zero-order valence-electron chi connectivity index (χ0n) is 16.4. The molecular formula is C26H26N2O. The topological polar surface area (TPSA) is 41.1 Å². The van der Waals surface area contributed by atoms with Crippen molar-refractivity contribution in [3.8, 4) is 0 Å². The number of amides is 1. The molecule has 5 rings (SSSR count). The molecule has 4 atom stereocenters. The van der Waals surface area contributed by atoms with Gasteiger partial charge in [0.25, 0.3) is 0 Å². The fourth-order valence-corrected chi connectivity index (χ4v) is 4.83. The molecule has 3 aromatic carbocycles. The molecule has 0 bridgehead atoms. The van der Waals surface area contributed by atoms with Gasteiger partial charge in [-0.25, -0.2) is 0 Å². The van der Waals surface area contributed by atoms with Crippen LogP contribution in [0.15, 0.2) is 91.0 Å². The standard InChI is InChI=1S/C26H26N2O/c29-26(23(19-12-6-2-7-13-19)20-14-8-3-9-15-20)28-25-22-17-21(27-24(22)25)16-18-10-4-1-5-11-18/h1-15,21-25,27H,16-17H2,(H,28,29). The average Bonchev–Trinajstić information content (AvgIpc) is 3.19. The van der Waals surface area contributed by atoms with E-state index in [1.807, 2.05) is 60.7 Å². The molecule has 3 aromatic rings. The van der Waals surface area contributed by atoms with Gasteiger partial charge in [0.2, 0.25) is 5.91 Å². The van der Waals surface area contributed by atoms with Gasteiger partial charge < -0.3 is 10.6 Å². The van der Waals surface area contributed by atoms with E-state index in [1.54, 1.807) is 0 Å². The van der Waals surface area contributed by atoms with Crippen molar-refractivity contribution in [3.05, 3.63) is 108 Å². The second-order valence-corrected chi connectivity index (χ2v) is 8.27. The Morgan fingerprint density at radius 1 is 0.862 bits per heavy atom. The normalized spacial score (nSPS) is 24.9. The molecule has 1 saturated carbocycles. The predicted octanol–water partition coefficient (Wildman–Crippen LogP) is 3.91. The number of nitrogens with one attached hydrogen (secondary N) is 2. The Morgan fingerprint density at radius 2 is 1.41 bits per heavy atom. The molecule has 1 heterocycles. The van der Waals surface area contributed by atoms with Gasteiger partial charge in [-0.3, -0.25) is 4.79 Å². The van der Waals surface area contributed by atoms with Crippen LogP contribution in [0.5, 0.6) is 0 Å². The fourth-order valence-electron chi connectivity index (χ4n) is 4.83. The van der Waals surface area contributed by atoms with E-state index in [1.165, 1.54) is 5.56 Å². The number of rotatable bonds is 6. The highest BCUT2D eigenvalue weighted by atomic mass is 16.2. The summed E-state index contributed by atoms with van der Waals surface area (Å²) < 4.78 is 0. The third-order valence-corrected chi connectivity index (χ3v) is 6.32. The maximum atomic E-state index is 13.3. The van der Waals surface area contributed by atoms with Crippen LogP contribution in [0.1, 0.15) is 29.0 Å². The molecule has 1 saturated heterocycles. The molecule has 0 radical (unpaired) electrons. The summed E-state index contributed by atoms with van der Waals surface area (Å²) in [4.78, 5) is 13.3. The second kappa shape index (κ2) is 7.84. The molecule has 146 valence electrons. The maximum Gasteiger partial charge on any atom is 0.232 e. The van der Waals surface area contributed by atoms with Crippen molar-refractivity contribution < 1.29 is 4.79 Å². The molecule has 1 amide bonds. The summed E-state index contributed by atoms with van der Waals surface area (Å²) in [7, 11) is 0. The number of piperidine rings is 1. The second-order valence-electron chi connectivity index (χ2n) is 8.27. The van der Waals surface area contributed by atoms with Gasteiger partial charge in [-0.1, -0.05) is 91.0 Å². The third-order valence-electron chi connectivity index (χ3n) is 6.32. The van der Waals surface area contributed by atoms with Crippen LogP contribution in [0.2, 0.25) is 0 Å². The van der Waals surface area contributed by atoms with E-state index in [0.717, 1.165) is 24.0 Å². The summed E-state index contributed by atoms with van der Waals surface area (Å²) in [6.45, 7) is 0. The smallest absolute Gasteiger partial charge is 0.232 e. The van der Waals surface area contributed by atoms with E-state index in [0.29, 0.717) is 18.0 Å². The van der Waals surface area contributed by atoms with Crippen molar-refractivity contribution in [2.45, 2.75) is 36.9 Å². The minimum absolute atomic E-state index is 0.100. The lowest BCUT2D eigenvalue weighted by atomic mass is 9.90. The first-order chi connectivity index (χ1) is 14.3. The molecule has 4 unspecified atom stereocenters. The Bertz CT molecular complexity index is 906. The minimum Gasteiger partial charge on any atom is -0.351 e. The van der Waals surface area contributed by atoms with E-state index >= 15 is 0 Å². The zero-order valence-corrected chi connectivity index (χ0v) is 16.4. The zero-order chi connectivity index (χ0) is 19.6. The number of hydrogen-bond acceptors (Lipinski definition) is 2. The number of carbonyl (C=O) groups is 1. The van der Waals surface area contributed by atoms with Crippen molar-refractivity contribution in [1.29, 1.82) is 0 Å².